The van der Waals surface area contributed by atoms with Crippen LogP contribution in [0.4, 0.5) is 5.82 Å². The second-order valence-corrected chi connectivity index (χ2v) is 7.77. The third-order valence-electron chi connectivity index (χ3n) is 4.31. The first kappa shape index (κ1) is 14.1. The average Bonchev–Trinajstić information content (AvgIpc) is 2.88. The van der Waals surface area contributed by atoms with Crippen LogP contribution in [0.5, 0.6) is 0 Å². The lowest BCUT2D eigenvalue weighted by Crippen LogP contribution is -2.35. The van der Waals surface area contributed by atoms with Gasteiger partial charge in [-0.15, -0.1) is 11.3 Å². The van der Waals surface area contributed by atoms with Gasteiger partial charge in [0.05, 0.1) is 10.2 Å². The summed E-state index contributed by atoms with van der Waals surface area (Å²) in [6, 6.07) is 0. The molecule has 0 radical (unpaired) electrons. The van der Waals surface area contributed by atoms with Crippen LogP contribution < -0.4 is 5.32 Å². The van der Waals surface area contributed by atoms with E-state index in [9.17, 15) is 0 Å². The van der Waals surface area contributed by atoms with Crippen LogP contribution in [0.3, 0.4) is 0 Å². The Morgan fingerprint density at radius 3 is 2.85 bits per heavy atom. The number of nitrogens with zero attached hydrogens (tertiary/aromatic N) is 2. The molecule has 2 aromatic rings. The largest absolute Gasteiger partial charge is 0.367 e. The molecule has 0 saturated heterocycles. The number of rotatable bonds is 4. The van der Waals surface area contributed by atoms with Crippen molar-refractivity contribution in [1.29, 1.82) is 0 Å². The zero-order valence-electron chi connectivity index (χ0n) is 12.1. The minimum atomic E-state index is 0.391. The highest BCUT2D eigenvalue weighted by molar-refractivity contribution is 8.00. The van der Waals surface area contributed by atoms with Gasteiger partial charge in [-0.25, -0.2) is 9.97 Å². The lowest BCUT2D eigenvalue weighted by Gasteiger charge is -2.36. The van der Waals surface area contributed by atoms with Gasteiger partial charge < -0.3 is 5.32 Å². The Bertz CT molecular complexity index is 588. The van der Waals surface area contributed by atoms with E-state index in [0.717, 1.165) is 17.9 Å². The van der Waals surface area contributed by atoms with E-state index in [1.165, 1.54) is 42.4 Å². The van der Waals surface area contributed by atoms with Gasteiger partial charge in [0.15, 0.2) is 0 Å². The van der Waals surface area contributed by atoms with Gasteiger partial charge in [0, 0.05) is 11.3 Å². The highest BCUT2D eigenvalue weighted by Crippen LogP contribution is 2.39. The zero-order valence-corrected chi connectivity index (χ0v) is 13.7. The minimum Gasteiger partial charge on any atom is -0.367 e. The molecule has 2 heterocycles. The van der Waals surface area contributed by atoms with Crippen LogP contribution in [-0.4, -0.2) is 27.5 Å². The molecule has 1 aliphatic rings. The van der Waals surface area contributed by atoms with Crippen molar-refractivity contribution in [3.63, 3.8) is 0 Å². The fraction of sp³-hybridized carbons (Fsp3) is 0.600. The van der Waals surface area contributed by atoms with Crippen molar-refractivity contribution in [2.75, 3.05) is 18.1 Å². The predicted molar refractivity (Wildman–Crippen MR) is 90.0 cm³/mol. The van der Waals surface area contributed by atoms with Crippen molar-refractivity contribution in [1.82, 2.24) is 9.97 Å². The number of nitrogens with one attached hydrogen (secondary N) is 1. The van der Waals surface area contributed by atoms with Crippen molar-refractivity contribution in [3.8, 4) is 0 Å². The van der Waals surface area contributed by atoms with Crippen molar-refractivity contribution in [2.45, 2.75) is 43.8 Å². The molecule has 0 aromatic carbocycles. The summed E-state index contributed by atoms with van der Waals surface area (Å²) in [6.07, 6.45) is 10.7. The molecule has 3 rings (SSSR count). The second kappa shape index (κ2) is 5.90. The van der Waals surface area contributed by atoms with E-state index in [1.54, 1.807) is 17.7 Å². The number of aryl methyl sites for hydroxylation is 1. The topological polar surface area (TPSA) is 37.8 Å². The Hall–Kier alpha value is -0.810. The van der Waals surface area contributed by atoms with Crippen molar-refractivity contribution in [3.05, 3.63) is 17.3 Å². The van der Waals surface area contributed by atoms with Crippen molar-refractivity contribution >= 4 is 39.1 Å². The number of aromatic nitrogens is 2. The summed E-state index contributed by atoms with van der Waals surface area (Å²) >= 11 is 3.76. The fourth-order valence-electron chi connectivity index (χ4n) is 2.99. The quantitative estimate of drug-likeness (QED) is 0.904. The summed E-state index contributed by atoms with van der Waals surface area (Å²) in [7, 11) is 0. The van der Waals surface area contributed by atoms with Crippen LogP contribution >= 0.6 is 23.1 Å². The van der Waals surface area contributed by atoms with E-state index in [-0.39, 0.29) is 0 Å². The molecule has 20 heavy (non-hydrogen) atoms. The van der Waals surface area contributed by atoms with Gasteiger partial charge in [0.1, 0.15) is 12.1 Å². The molecule has 108 valence electrons. The third kappa shape index (κ3) is 2.66. The SMILES string of the molecule is CSC1(CNc2ncnc3c(C)csc23)CCCCC1. The maximum absolute atomic E-state index is 4.45. The van der Waals surface area contributed by atoms with Gasteiger partial charge in [0.25, 0.3) is 0 Å². The maximum Gasteiger partial charge on any atom is 0.147 e. The summed E-state index contributed by atoms with van der Waals surface area (Å²) in [4.78, 5) is 8.84. The smallest absolute Gasteiger partial charge is 0.147 e. The highest BCUT2D eigenvalue weighted by atomic mass is 32.2. The molecule has 1 saturated carbocycles. The predicted octanol–water partition coefficient (Wildman–Crippen LogP) is 4.48. The first-order chi connectivity index (χ1) is 9.74. The Kier molecular flexibility index (Phi) is 4.17. The molecule has 0 bridgehead atoms. The van der Waals surface area contributed by atoms with Gasteiger partial charge in [0.2, 0.25) is 0 Å². The second-order valence-electron chi connectivity index (χ2n) is 5.62. The summed E-state index contributed by atoms with van der Waals surface area (Å²) in [5, 5.41) is 5.76. The normalized spacial score (nSPS) is 18.3. The van der Waals surface area contributed by atoms with Gasteiger partial charge in [-0.05, 0) is 37.0 Å². The minimum absolute atomic E-state index is 0.391. The fourth-order valence-corrected chi connectivity index (χ4v) is 4.87. The van der Waals surface area contributed by atoms with E-state index in [2.05, 4.69) is 33.8 Å². The summed E-state index contributed by atoms with van der Waals surface area (Å²) in [6.45, 7) is 3.12. The van der Waals surface area contributed by atoms with Crippen LogP contribution in [0.15, 0.2) is 11.7 Å². The summed E-state index contributed by atoms with van der Waals surface area (Å²) in [5.74, 6) is 1.01. The van der Waals surface area contributed by atoms with Gasteiger partial charge >= 0.3 is 0 Å². The number of thioether (sulfide) groups is 1. The van der Waals surface area contributed by atoms with E-state index in [4.69, 9.17) is 0 Å². The number of hydrogen-bond acceptors (Lipinski definition) is 5. The lowest BCUT2D eigenvalue weighted by molar-refractivity contribution is 0.411. The van der Waals surface area contributed by atoms with E-state index in [1.807, 2.05) is 11.8 Å². The van der Waals surface area contributed by atoms with Crippen LogP contribution in [0.25, 0.3) is 10.2 Å². The standard InChI is InChI=1S/C15H21N3S2/c1-11-8-20-13-12(11)17-10-18-14(13)16-9-15(19-2)6-4-3-5-7-15/h8,10H,3-7,9H2,1-2H3,(H,16,17,18). The van der Waals surface area contributed by atoms with Gasteiger partial charge in [-0.1, -0.05) is 19.3 Å². The molecule has 2 aromatic heterocycles. The van der Waals surface area contributed by atoms with Crippen LogP contribution in [0, 0.1) is 6.92 Å². The third-order valence-corrected chi connectivity index (χ3v) is 6.82. The molecule has 0 atom stereocenters. The summed E-state index contributed by atoms with van der Waals surface area (Å²) < 4.78 is 1.58. The van der Waals surface area contributed by atoms with Crippen LogP contribution in [-0.2, 0) is 0 Å². The van der Waals surface area contributed by atoms with Crippen molar-refractivity contribution < 1.29 is 0 Å². The molecule has 0 spiro atoms. The van der Waals surface area contributed by atoms with E-state index in [0.29, 0.717) is 4.75 Å². The van der Waals surface area contributed by atoms with Gasteiger partial charge in [-0.3, -0.25) is 0 Å². The Morgan fingerprint density at radius 2 is 2.10 bits per heavy atom. The monoisotopic (exact) mass is 307 g/mol. The molecule has 1 fully saturated rings. The molecular weight excluding hydrogens is 286 g/mol. The zero-order chi connectivity index (χ0) is 14.0. The molecule has 0 aliphatic heterocycles. The van der Waals surface area contributed by atoms with Crippen molar-refractivity contribution in [2.24, 2.45) is 0 Å². The molecule has 3 nitrogen and oxygen atoms in total. The molecule has 1 N–H and O–H groups in total. The average molecular weight is 307 g/mol. The molecule has 5 heteroatoms. The first-order valence-electron chi connectivity index (χ1n) is 7.22. The lowest BCUT2D eigenvalue weighted by atomic mass is 9.88. The van der Waals surface area contributed by atoms with E-state index >= 15 is 0 Å². The molecule has 1 aliphatic carbocycles. The summed E-state index contributed by atoms with van der Waals surface area (Å²) in [5.41, 5.74) is 2.34. The Balaban J connectivity index is 1.79. The van der Waals surface area contributed by atoms with E-state index < -0.39 is 0 Å². The Labute approximate surface area is 128 Å². The maximum atomic E-state index is 4.45. The number of thiophene rings is 1. The first-order valence-corrected chi connectivity index (χ1v) is 9.32. The highest BCUT2D eigenvalue weighted by Gasteiger charge is 2.31. The van der Waals surface area contributed by atoms with Gasteiger partial charge in [-0.2, -0.15) is 11.8 Å². The molecular formula is C15H21N3S2. The number of fused-ring (bicyclic) bond motifs is 1. The Morgan fingerprint density at radius 1 is 1.30 bits per heavy atom. The number of hydrogen-bond donors (Lipinski definition) is 1. The molecule has 0 unspecified atom stereocenters. The van der Waals surface area contributed by atoms with Crippen LogP contribution in [0.2, 0.25) is 0 Å². The molecule has 0 amide bonds. The van der Waals surface area contributed by atoms with Crippen LogP contribution in [0.1, 0.15) is 37.7 Å². The number of anilines is 1.